The molecule has 0 saturated heterocycles. The topological polar surface area (TPSA) is 17.1 Å². The first-order valence-electron chi connectivity index (χ1n) is 3.02. The van der Waals surface area contributed by atoms with E-state index in [0.29, 0.717) is 5.56 Å². The maximum atomic E-state index is 12.4. The van der Waals surface area contributed by atoms with Crippen LogP contribution in [0.2, 0.25) is 0 Å². The van der Waals surface area contributed by atoms with Crippen LogP contribution in [0.15, 0.2) is 18.2 Å². The third-order valence-corrected chi connectivity index (χ3v) is 1.20. The van der Waals surface area contributed by atoms with Crippen LogP contribution in [-0.4, -0.2) is 6.29 Å². The van der Waals surface area contributed by atoms with Gasteiger partial charge in [0.2, 0.25) is 6.29 Å². The van der Waals surface area contributed by atoms with Crippen molar-refractivity contribution in [2.45, 2.75) is 6.42 Å². The van der Waals surface area contributed by atoms with Crippen molar-refractivity contribution in [3.05, 3.63) is 35.4 Å². The average Bonchev–Trinajstić information content (AvgIpc) is 1.85. The van der Waals surface area contributed by atoms with E-state index in [0.717, 1.165) is 18.2 Å². The molecule has 0 amide bonds. The molecule has 0 fully saturated rings. The van der Waals surface area contributed by atoms with Gasteiger partial charge < -0.3 is 0 Å². The Hall–Kier alpha value is -1.25. The third kappa shape index (κ3) is 2.11. The van der Waals surface area contributed by atoms with Crippen molar-refractivity contribution in [2.24, 2.45) is 0 Å². The van der Waals surface area contributed by atoms with Gasteiger partial charge in [-0.15, -0.1) is 0 Å². The Bertz CT molecular complexity index is 251. The fourth-order valence-electron chi connectivity index (χ4n) is 0.796. The van der Waals surface area contributed by atoms with Crippen molar-refractivity contribution in [3.8, 4) is 0 Å². The monoisotopic (exact) mass is 155 g/mol. The van der Waals surface area contributed by atoms with Crippen LogP contribution in [0.1, 0.15) is 5.56 Å². The zero-order valence-corrected chi connectivity index (χ0v) is 5.60. The van der Waals surface area contributed by atoms with Crippen LogP contribution < -0.4 is 0 Å². The van der Waals surface area contributed by atoms with Gasteiger partial charge in [-0.1, -0.05) is 0 Å². The van der Waals surface area contributed by atoms with Crippen LogP contribution in [0.3, 0.4) is 0 Å². The minimum atomic E-state index is -0.671. The van der Waals surface area contributed by atoms with E-state index >= 15 is 0 Å². The van der Waals surface area contributed by atoms with E-state index in [1.54, 1.807) is 6.29 Å². The molecule has 0 unspecified atom stereocenters. The maximum Gasteiger partial charge on any atom is 0.203 e. The highest BCUT2D eigenvalue weighted by atomic mass is 19.1. The standard InChI is InChI=1S/C8H5F2O/c9-7-3-6(1-2-11)4-8(10)5-7/h3-5H,1H2. The Labute approximate surface area is 62.7 Å². The van der Waals surface area contributed by atoms with E-state index in [1.807, 2.05) is 0 Å². The summed E-state index contributed by atoms with van der Waals surface area (Å²) < 4.78 is 24.8. The van der Waals surface area contributed by atoms with Crippen LogP contribution in [0, 0.1) is 11.6 Å². The summed E-state index contributed by atoms with van der Waals surface area (Å²) in [6, 6.07) is 2.97. The molecule has 0 atom stereocenters. The van der Waals surface area contributed by atoms with E-state index < -0.39 is 11.6 Å². The van der Waals surface area contributed by atoms with E-state index in [4.69, 9.17) is 0 Å². The molecule has 0 aromatic heterocycles. The normalized spacial score (nSPS) is 9.64. The summed E-state index contributed by atoms with van der Waals surface area (Å²) in [7, 11) is 0. The van der Waals surface area contributed by atoms with E-state index in [1.165, 1.54) is 0 Å². The summed E-state index contributed by atoms with van der Waals surface area (Å²) >= 11 is 0. The van der Waals surface area contributed by atoms with Gasteiger partial charge in [0.15, 0.2) is 0 Å². The van der Waals surface area contributed by atoms with Crippen LogP contribution >= 0.6 is 0 Å². The number of benzene rings is 1. The molecule has 0 heterocycles. The quantitative estimate of drug-likeness (QED) is 0.634. The van der Waals surface area contributed by atoms with Gasteiger partial charge in [-0.3, -0.25) is 4.79 Å². The molecule has 0 saturated carbocycles. The zero-order chi connectivity index (χ0) is 8.27. The number of halogens is 2. The fourth-order valence-corrected chi connectivity index (χ4v) is 0.796. The van der Waals surface area contributed by atoms with Crippen molar-refractivity contribution >= 4 is 6.29 Å². The van der Waals surface area contributed by atoms with Crippen molar-refractivity contribution in [3.63, 3.8) is 0 Å². The van der Waals surface area contributed by atoms with E-state index in [2.05, 4.69) is 0 Å². The van der Waals surface area contributed by atoms with Crippen molar-refractivity contribution in [2.75, 3.05) is 0 Å². The molecule has 1 radical (unpaired) electrons. The molecule has 11 heavy (non-hydrogen) atoms. The highest BCUT2D eigenvalue weighted by Crippen LogP contribution is 2.07. The van der Waals surface area contributed by atoms with Gasteiger partial charge in [0, 0.05) is 12.5 Å². The Morgan fingerprint density at radius 2 is 1.73 bits per heavy atom. The first kappa shape index (κ1) is 7.85. The Balaban J connectivity index is 2.98. The van der Waals surface area contributed by atoms with Crippen LogP contribution in [0.25, 0.3) is 0 Å². The number of hydrogen-bond acceptors (Lipinski definition) is 1. The fraction of sp³-hybridized carbons (Fsp3) is 0.125. The molecule has 0 aliphatic rings. The van der Waals surface area contributed by atoms with E-state index in [9.17, 15) is 13.6 Å². The van der Waals surface area contributed by atoms with Crippen LogP contribution in [0.4, 0.5) is 8.78 Å². The molecule has 0 aliphatic carbocycles. The van der Waals surface area contributed by atoms with Gasteiger partial charge in [0.05, 0.1) is 0 Å². The van der Waals surface area contributed by atoms with Crippen LogP contribution in [-0.2, 0) is 11.2 Å². The molecule has 1 rings (SSSR count). The lowest BCUT2D eigenvalue weighted by molar-refractivity contribution is 0.553. The second-order valence-electron chi connectivity index (χ2n) is 2.10. The number of carbonyl (C=O) groups excluding carboxylic acids is 1. The second kappa shape index (κ2) is 3.23. The molecule has 0 aliphatic heterocycles. The molecular formula is C8H5F2O. The van der Waals surface area contributed by atoms with Crippen LogP contribution in [0.5, 0.6) is 0 Å². The Morgan fingerprint density at radius 3 is 2.18 bits per heavy atom. The highest BCUT2D eigenvalue weighted by Gasteiger charge is 1.99. The maximum absolute atomic E-state index is 12.4. The summed E-state index contributed by atoms with van der Waals surface area (Å²) in [6.07, 6.45) is 1.48. The van der Waals surface area contributed by atoms with Gasteiger partial charge in [0.1, 0.15) is 11.6 Å². The number of rotatable bonds is 2. The lowest BCUT2D eigenvalue weighted by Crippen LogP contribution is -1.89. The molecule has 1 aromatic carbocycles. The molecule has 0 N–H and O–H groups in total. The highest BCUT2D eigenvalue weighted by molar-refractivity contribution is 5.55. The Kier molecular flexibility index (Phi) is 2.31. The summed E-state index contributed by atoms with van der Waals surface area (Å²) in [4.78, 5) is 9.83. The minimum Gasteiger partial charge on any atom is -0.291 e. The number of hydrogen-bond donors (Lipinski definition) is 0. The van der Waals surface area contributed by atoms with Gasteiger partial charge >= 0.3 is 0 Å². The molecule has 57 valence electrons. The zero-order valence-electron chi connectivity index (χ0n) is 5.60. The predicted octanol–water partition coefficient (Wildman–Crippen LogP) is 1.62. The molecule has 1 nitrogen and oxygen atoms in total. The average molecular weight is 155 g/mol. The third-order valence-electron chi connectivity index (χ3n) is 1.20. The van der Waals surface area contributed by atoms with E-state index in [-0.39, 0.29) is 6.42 Å². The molecule has 1 aromatic rings. The van der Waals surface area contributed by atoms with Gasteiger partial charge in [0.25, 0.3) is 0 Å². The second-order valence-corrected chi connectivity index (χ2v) is 2.10. The van der Waals surface area contributed by atoms with Gasteiger partial charge in [-0.05, 0) is 17.7 Å². The predicted molar refractivity (Wildman–Crippen MR) is 35.8 cm³/mol. The minimum absolute atomic E-state index is 0.0747. The van der Waals surface area contributed by atoms with Gasteiger partial charge in [-0.25, -0.2) is 8.78 Å². The summed E-state index contributed by atoms with van der Waals surface area (Å²) in [5.74, 6) is -1.34. The molecule has 3 heteroatoms. The smallest absolute Gasteiger partial charge is 0.203 e. The van der Waals surface area contributed by atoms with Gasteiger partial charge in [-0.2, -0.15) is 0 Å². The summed E-state index contributed by atoms with van der Waals surface area (Å²) in [6.45, 7) is 0. The Morgan fingerprint density at radius 1 is 1.18 bits per heavy atom. The SMILES string of the molecule is O=[C]Cc1cc(F)cc(F)c1. The van der Waals surface area contributed by atoms with Crippen molar-refractivity contribution < 1.29 is 13.6 Å². The molecule has 0 spiro atoms. The molecule has 0 bridgehead atoms. The van der Waals surface area contributed by atoms with Crippen molar-refractivity contribution in [1.29, 1.82) is 0 Å². The largest absolute Gasteiger partial charge is 0.291 e. The first-order chi connectivity index (χ1) is 5.22. The molecular weight excluding hydrogens is 150 g/mol. The lowest BCUT2D eigenvalue weighted by atomic mass is 10.1. The first-order valence-corrected chi connectivity index (χ1v) is 3.02. The van der Waals surface area contributed by atoms with Crippen molar-refractivity contribution in [1.82, 2.24) is 0 Å². The lowest BCUT2D eigenvalue weighted by Gasteiger charge is -1.94. The summed E-state index contributed by atoms with van der Waals surface area (Å²) in [5.41, 5.74) is 0.303. The summed E-state index contributed by atoms with van der Waals surface area (Å²) in [5, 5.41) is 0.